The van der Waals surface area contributed by atoms with E-state index in [-0.39, 0.29) is 5.34 Å². The zero-order chi connectivity index (χ0) is 5.11. The highest BCUT2D eigenvalue weighted by molar-refractivity contribution is 5.70. The number of hydrazine groups is 1. The van der Waals surface area contributed by atoms with E-state index in [1.54, 1.807) is 0 Å². The van der Waals surface area contributed by atoms with Gasteiger partial charge in [0.15, 0.2) is 0 Å². The van der Waals surface area contributed by atoms with Crippen molar-refractivity contribution < 1.29 is 4.48 Å². The summed E-state index contributed by atoms with van der Waals surface area (Å²) in [6.07, 6.45) is 5.12. The maximum Gasteiger partial charge on any atom is 0.0852 e. The van der Waals surface area contributed by atoms with Crippen molar-refractivity contribution in [1.82, 2.24) is 10.8 Å². The number of nitrogens with one attached hydrogen (secondary N) is 1. The van der Waals surface area contributed by atoms with Crippen LogP contribution in [-0.2, 0) is 0 Å². The van der Waals surface area contributed by atoms with Crippen molar-refractivity contribution in [3.8, 4) is 0 Å². The second-order valence-corrected chi connectivity index (χ2v) is 0.947. The lowest BCUT2D eigenvalue weighted by Gasteiger charge is -2.05. The largest absolute Gasteiger partial charge is 0.251 e. The third kappa shape index (κ3) is 0.887. The summed E-state index contributed by atoms with van der Waals surface area (Å²) < 4.78 is 11.6. The van der Waals surface area contributed by atoms with Crippen molar-refractivity contribution in [3.05, 3.63) is 12.3 Å². The van der Waals surface area contributed by atoms with Gasteiger partial charge < -0.3 is 0 Å². The van der Waals surface area contributed by atoms with Crippen molar-refractivity contribution >= 4 is 6.21 Å². The minimum Gasteiger partial charge on any atom is -0.251 e. The van der Waals surface area contributed by atoms with E-state index in [0.717, 1.165) is 0 Å². The molecule has 1 aliphatic heterocycles. The molecular formula is C3H3FN3. The molecule has 3 nitrogen and oxygen atoms in total. The SMILES string of the molecule is FN1N=CC=[C]N1. The molecular weight excluding hydrogens is 97.1 g/mol. The minimum absolute atomic E-state index is 0.0694. The lowest BCUT2D eigenvalue weighted by Crippen LogP contribution is -2.22. The molecule has 0 amide bonds. The van der Waals surface area contributed by atoms with E-state index in [1.807, 2.05) is 5.43 Å². The topological polar surface area (TPSA) is 27.6 Å². The van der Waals surface area contributed by atoms with Gasteiger partial charge in [-0.1, -0.05) is 4.48 Å². The van der Waals surface area contributed by atoms with Crippen LogP contribution in [0.1, 0.15) is 0 Å². The fourth-order valence-corrected chi connectivity index (χ4v) is 0.249. The summed E-state index contributed by atoms with van der Waals surface area (Å²) in [6, 6.07) is 0. The second-order valence-electron chi connectivity index (χ2n) is 0.947. The zero-order valence-corrected chi connectivity index (χ0v) is 3.43. The van der Waals surface area contributed by atoms with Crippen molar-refractivity contribution in [3.63, 3.8) is 0 Å². The number of allylic oxidation sites excluding steroid dienone is 1. The predicted molar refractivity (Wildman–Crippen MR) is 22.4 cm³/mol. The summed E-state index contributed by atoms with van der Waals surface area (Å²) in [6.45, 7) is 0. The Balaban J connectivity index is 2.49. The number of hydrogen-bond acceptors (Lipinski definition) is 3. The van der Waals surface area contributed by atoms with Gasteiger partial charge in [-0.2, -0.15) is 0 Å². The summed E-state index contributed by atoms with van der Waals surface area (Å²) in [5, 5.41) is 3.21. The normalized spacial score (nSPS) is 17.0. The van der Waals surface area contributed by atoms with E-state index in [1.165, 1.54) is 12.3 Å². The summed E-state index contributed by atoms with van der Waals surface area (Å²) >= 11 is 0. The third-order valence-corrected chi connectivity index (χ3v) is 0.483. The van der Waals surface area contributed by atoms with Gasteiger partial charge in [0.1, 0.15) is 0 Å². The molecule has 0 spiro atoms. The van der Waals surface area contributed by atoms with E-state index in [4.69, 9.17) is 0 Å². The maximum absolute atomic E-state index is 11.6. The number of nitrogens with zero attached hydrogens (tertiary/aromatic N) is 2. The molecule has 0 aliphatic carbocycles. The van der Waals surface area contributed by atoms with Crippen molar-refractivity contribution in [2.45, 2.75) is 0 Å². The quantitative estimate of drug-likeness (QED) is 0.434. The molecule has 0 fully saturated rings. The Bertz CT molecular complexity index is 109. The Morgan fingerprint density at radius 2 is 2.71 bits per heavy atom. The summed E-state index contributed by atoms with van der Waals surface area (Å²) in [5.74, 6) is 0. The zero-order valence-electron chi connectivity index (χ0n) is 3.43. The van der Waals surface area contributed by atoms with Crippen LogP contribution >= 0.6 is 0 Å². The molecule has 0 unspecified atom stereocenters. The smallest absolute Gasteiger partial charge is 0.0852 e. The van der Waals surface area contributed by atoms with Crippen molar-refractivity contribution in [2.75, 3.05) is 0 Å². The lowest BCUT2D eigenvalue weighted by atomic mass is 10.7. The third-order valence-electron chi connectivity index (χ3n) is 0.483. The second kappa shape index (κ2) is 1.59. The van der Waals surface area contributed by atoms with Gasteiger partial charge in [0, 0.05) is 0 Å². The molecule has 0 aromatic carbocycles. The Labute approximate surface area is 40.0 Å². The molecule has 0 saturated heterocycles. The minimum atomic E-state index is 0.0694. The van der Waals surface area contributed by atoms with E-state index in [9.17, 15) is 4.48 Å². The number of hydrazone groups is 1. The summed E-state index contributed by atoms with van der Waals surface area (Å²) in [7, 11) is 0. The van der Waals surface area contributed by atoms with Crippen LogP contribution in [0.15, 0.2) is 11.2 Å². The van der Waals surface area contributed by atoms with Crippen molar-refractivity contribution in [2.24, 2.45) is 5.10 Å². The lowest BCUT2D eigenvalue weighted by molar-refractivity contribution is -0.0161. The molecule has 1 aliphatic rings. The van der Waals surface area contributed by atoms with E-state index >= 15 is 0 Å². The van der Waals surface area contributed by atoms with Gasteiger partial charge in [0.25, 0.3) is 0 Å². The first-order valence-corrected chi connectivity index (χ1v) is 1.72. The van der Waals surface area contributed by atoms with E-state index in [0.29, 0.717) is 0 Å². The molecule has 7 heavy (non-hydrogen) atoms. The first kappa shape index (κ1) is 4.11. The molecule has 0 atom stereocenters. The van der Waals surface area contributed by atoms with Gasteiger partial charge in [0.05, 0.1) is 12.4 Å². The van der Waals surface area contributed by atoms with Crippen molar-refractivity contribution in [1.29, 1.82) is 0 Å². The first-order chi connectivity index (χ1) is 3.39. The number of rotatable bonds is 0. The molecule has 0 aromatic rings. The molecule has 1 radical (unpaired) electrons. The molecule has 4 heteroatoms. The standard InChI is InChI=1S/C3H3FN3/c4-7-5-2-1-3-6-7/h1-2,6H. The molecule has 37 valence electrons. The van der Waals surface area contributed by atoms with Gasteiger partial charge in [-0.25, -0.2) is 0 Å². The summed E-state index contributed by atoms with van der Waals surface area (Å²) in [4.78, 5) is 0. The molecule has 0 aromatic heterocycles. The van der Waals surface area contributed by atoms with Crippen LogP contribution in [0.5, 0.6) is 0 Å². The Hall–Kier alpha value is -1.06. The highest BCUT2D eigenvalue weighted by Gasteiger charge is 1.91. The molecule has 0 bridgehead atoms. The Morgan fingerprint density at radius 3 is 3.00 bits per heavy atom. The van der Waals surface area contributed by atoms with Crippen LogP contribution < -0.4 is 5.43 Å². The highest BCUT2D eigenvalue weighted by atomic mass is 19.2. The van der Waals surface area contributed by atoms with Gasteiger partial charge in [-0.3, -0.25) is 5.43 Å². The fraction of sp³-hybridized carbons (Fsp3) is 0. The van der Waals surface area contributed by atoms with Gasteiger partial charge in [-0.15, -0.1) is 5.10 Å². The molecule has 1 heterocycles. The summed E-state index contributed by atoms with van der Waals surface area (Å²) in [5.41, 5.74) is 2.05. The average molecular weight is 100 g/mol. The van der Waals surface area contributed by atoms with Crippen LogP contribution in [0.3, 0.4) is 0 Å². The molecule has 0 saturated carbocycles. The predicted octanol–water partition coefficient (Wildman–Crippen LogP) is -0.00621. The van der Waals surface area contributed by atoms with Gasteiger partial charge in [0.2, 0.25) is 0 Å². The van der Waals surface area contributed by atoms with Gasteiger partial charge >= 0.3 is 0 Å². The van der Waals surface area contributed by atoms with Crippen LogP contribution in [0.25, 0.3) is 0 Å². The fourth-order valence-electron chi connectivity index (χ4n) is 0.249. The Morgan fingerprint density at radius 1 is 1.86 bits per heavy atom. The first-order valence-electron chi connectivity index (χ1n) is 1.72. The highest BCUT2D eigenvalue weighted by Crippen LogP contribution is 1.84. The van der Waals surface area contributed by atoms with Crippen LogP contribution in [0, 0.1) is 6.20 Å². The number of hydrogen-bond donors (Lipinski definition) is 1. The van der Waals surface area contributed by atoms with Crippen LogP contribution in [-0.4, -0.2) is 11.6 Å². The van der Waals surface area contributed by atoms with E-state index in [2.05, 4.69) is 11.3 Å². The molecule has 1 rings (SSSR count). The van der Waals surface area contributed by atoms with E-state index < -0.39 is 0 Å². The number of halogens is 1. The van der Waals surface area contributed by atoms with Crippen LogP contribution in [0.2, 0.25) is 0 Å². The average Bonchev–Trinajstić information content (AvgIpc) is 1.69. The maximum atomic E-state index is 11.6. The Kier molecular flexibility index (Phi) is 0.934. The monoisotopic (exact) mass is 100 g/mol. The van der Waals surface area contributed by atoms with Gasteiger partial charge in [-0.05, 0) is 11.4 Å². The molecule has 1 N–H and O–H groups in total. The van der Waals surface area contributed by atoms with Crippen LogP contribution in [0.4, 0.5) is 4.48 Å².